The first-order chi connectivity index (χ1) is 15.6. The van der Waals surface area contributed by atoms with Crippen molar-refractivity contribution in [1.29, 1.82) is 0 Å². The van der Waals surface area contributed by atoms with Gasteiger partial charge in [-0.2, -0.15) is 18.3 Å². The van der Waals surface area contributed by atoms with Crippen molar-refractivity contribution in [2.45, 2.75) is 36.1 Å². The number of hydrogen-bond acceptors (Lipinski definition) is 6. The van der Waals surface area contributed by atoms with E-state index in [1.165, 1.54) is 17.1 Å². The Morgan fingerprint density at radius 3 is 2.48 bits per heavy atom. The zero-order chi connectivity index (χ0) is 23.8. The molecule has 2 aromatic heterocycles. The fraction of sp³-hybridized carbons (Fsp3) is 0.409. The number of benzene rings is 1. The summed E-state index contributed by atoms with van der Waals surface area (Å²) in [5.41, 5.74) is 0.513. The number of anilines is 2. The lowest BCUT2D eigenvalue weighted by Gasteiger charge is -2.28. The Bertz CT molecular complexity index is 1170. The summed E-state index contributed by atoms with van der Waals surface area (Å²) >= 11 is 0. The van der Waals surface area contributed by atoms with Crippen LogP contribution < -0.4 is 5.32 Å². The average molecular weight is 479 g/mol. The molecule has 1 aliphatic rings. The molecular formula is C22H25F3N6OS. The maximum atomic E-state index is 13.5. The minimum atomic E-state index is -4.60. The molecule has 1 N–H and O–H groups in total. The van der Waals surface area contributed by atoms with Crippen LogP contribution in [0.4, 0.5) is 24.8 Å². The SMILES string of the molecule is Cc1cc(S(=O)C2CCN(C)CC2)ccc1Nc1ncc(C(F)(F)F)c(-c2cnn(C)c2)n1. The molecule has 11 heteroatoms. The van der Waals surface area contributed by atoms with Gasteiger partial charge in [-0.1, -0.05) is 0 Å². The highest BCUT2D eigenvalue weighted by Gasteiger charge is 2.36. The van der Waals surface area contributed by atoms with Crippen LogP contribution in [-0.4, -0.2) is 54.2 Å². The Morgan fingerprint density at radius 2 is 1.88 bits per heavy atom. The van der Waals surface area contributed by atoms with Gasteiger partial charge in [0.15, 0.2) is 0 Å². The van der Waals surface area contributed by atoms with Crippen LogP contribution in [-0.2, 0) is 24.0 Å². The molecule has 1 atom stereocenters. The number of alkyl halides is 3. The molecule has 176 valence electrons. The van der Waals surface area contributed by atoms with Crippen LogP contribution in [0.25, 0.3) is 11.3 Å². The van der Waals surface area contributed by atoms with Crippen LogP contribution in [0.5, 0.6) is 0 Å². The van der Waals surface area contributed by atoms with E-state index in [1.807, 2.05) is 13.0 Å². The smallest absolute Gasteiger partial charge is 0.324 e. The van der Waals surface area contributed by atoms with Gasteiger partial charge in [0, 0.05) is 40.8 Å². The molecular weight excluding hydrogens is 453 g/mol. The first-order valence-electron chi connectivity index (χ1n) is 10.5. The van der Waals surface area contributed by atoms with Gasteiger partial charge in [-0.15, -0.1) is 0 Å². The summed E-state index contributed by atoms with van der Waals surface area (Å²) in [6.07, 6.45) is 0.757. The van der Waals surface area contributed by atoms with Gasteiger partial charge in [-0.05, 0) is 63.7 Å². The van der Waals surface area contributed by atoms with Crippen LogP contribution in [0.15, 0.2) is 41.7 Å². The highest BCUT2D eigenvalue weighted by molar-refractivity contribution is 7.85. The van der Waals surface area contributed by atoms with E-state index in [0.29, 0.717) is 5.69 Å². The van der Waals surface area contributed by atoms with Crippen molar-refractivity contribution in [1.82, 2.24) is 24.6 Å². The topological polar surface area (TPSA) is 75.9 Å². The maximum absolute atomic E-state index is 13.5. The second kappa shape index (κ2) is 9.22. The molecule has 1 aromatic carbocycles. The third-order valence-electron chi connectivity index (χ3n) is 5.72. The zero-order valence-corrected chi connectivity index (χ0v) is 19.4. The molecule has 1 unspecified atom stereocenters. The Labute approximate surface area is 192 Å². The molecule has 1 aliphatic heterocycles. The van der Waals surface area contributed by atoms with Gasteiger partial charge in [0.25, 0.3) is 0 Å². The molecule has 33 heavy (non-hydrogen) atoms. The fourth-order valence-electron chi connectivity index (χ4n) is 3.83. The highest BCUT2D eigenvalue weighted by Crippen LogP contribution is 2.36. The van der Waals surface area contributed by atoms with E-state index in [2.05, 4.69) is 32.3 Å². The monoisotopic (exact) mass is 478 g/mol. The average Bonchev–Trinajstić information content (AvgIpc) is 3.20. The second-order valence-electron chi connectivity index (χ2n) is 8.26. The third-order valence-corrected chi connectivity index (χ3v) is 7.51. The lowest BCUT2D eigenvalue weighted by Crippen LogP contribution is -2.35. The summed E-state index contributed by atoms with van der Waals surface area (Å²) in [6.45, 7) is 3.71. The molecule has 1 fully saturated rings. The summed E-state index contributed by atoms with van der Waals surface area (Å²) < 4.78 is 54.9. The molecule has 0 bridgehead atoms. The standard InChI is InChI=1S/C22H25F3N6OS/c1-14-10-17(33(32)16-6-8-30(2)9-7-16)4-5-19(14)28-21-26-12-18(22(23,24)25)20(29-21)15-11-27-31(3)13-15/h4-5,10-13,16H,6-9H2,1-3H3,(H,26,28,29). The number of nitrogens with zero attached hydrogens (tertiary/aromatic N) is 5. The van der Waals surface area contributed by atoms with Crippen molar-refractivity contribution in [3.8, 4) is 11.3 Å². The quantitative estimate of drug-likeness (QED) is 0.594. The first-order valence-corrected chi connectivity index (χ1v) is 11.7. The van der Waals surface area contributed by atoms with Gasteiger partial charge < -0.3 is 10.2 Å². The first kappa shape index (κ1) is 23.4. The minimum absolute atomic E-state index is 0.0362. The third kappa shape index (κ3) is 5.25. The molecule has 0 aliphatic carbocycles. The number of aromatic nitrogens is 4. The summed E-state index contributed by atoms with van der Waals surface area (Å²) in [7, 11) is 2.58. The lowest BCUT2D eigenvalue weighted by atomic mass is 10.1. The van der Waals surface area contributed by atoms with Gasteiger partial charge in [-0.25, -0.2) is 9.97 Å². The van der Waals surface area contributed by atoms with E-state index < -0.39 is 22.5 Å². The highest BCUT2D eigenvalue weighted by atomic mass is 32.2. The molecule has 7 nitrogen and oxygen atoms in total. The predicted octanol–water partition coefficient (Wildman–Crippen LogP) is 4.15. The number of aryl methyl sites for hydroxylation is 2. The van der Waals surface area contributed by atoms with Gasteiger partial charge in [0.05, 0.1) is 22.7 Å². The molecule has 0 amide bonds. The maximum Gasteiger partial charge on any atom is 0.419 e. The van der Waals surface area contributed by atoms with Crippen molar-refractivity contribution in [3.05, 3.63) is 47.9 Å². The van der Waals surface area contributed by atoms with E-state index in [-0.39, 0.29) is 22.5 Å². The van der Waals surface area contributed by atoms with E-state index in [1.54, 1.807) is 19.2 Å². The van der Waals surface area contributed by atoms with Crippen LogP contribution in [0.1, 0.15) is 24.0 Å². The van der Waals surface area contributed by atoms with Crippen LogP contribution in [0.2, 0.25) is 0 Å². The zero-order valence-electron chi connectivity index (χ0n) is 18.6. The summed E-state index contributed by atoms with van der Waals surface area (Å²) in [5, 5.41) is 7.07. The number of likely N-dealkylation sites (tertiary alicyclic amines) is 1. The molecule has 3 aromatic rings. The fourth-order valence-corrected chi connectivity index (χ4v) is 5.35. The van der Waals surface area contributed by atoms with Gasteiger partial charge in [0.2, 0.25) is 5.95 Å². The van der Waals surface area contributed by atoms with Gasteiger partial charge in [-0.3, -0.25) is 8.89 Å². The lowest BCUT2D eigenvalue weighted by molar-refractivity contribution is -0.137. The summed E-state index contributed by atoms with van der Waals surface area (Å²) in [5.74, 6) is 0.0362. The molecule has 3 heterocycles. The summed E-state index contributed by atoms with van der Waals surface area (Å²) in [4.78, 5) is 11.0. The van der Waals surface area contributed by atoms with Crippen molar-refractivity contribution in [2.75, 3.05) is 25.5 Å². The van der Waals surface area contributed by atoms with Crippen molar-refractivity contribution < 1.29 is 17.4 Å². The Hall–Kier alpha value is -2.79. The Balaban J connectivity index is 1.58. The van der Waals surface area contributed by atoms with Crippen LogP contribution in [0.3, 0.4) is 0 Å². The summed E-state index contributed by atoms with van der Waals surface area (Å²) in [6, 6.07) is 5.40. The number of nitrogens with one attached hydrogen (secondary N) is 1. The molecule has 0 saturated carbocycles. The van der Waals surface area contributed by atoms with Gasteiger partial charge >= 0.3 is 6.18 Å². The van der Waals surface area contributed by atoms with E-state index >= 15 is 0 Å². The van der Waals surface area contributed by atoms with E-state index in [0.717, 1.165) is 42.6 Å². The molecule has 0 radical (unpaired) electrons. The van der Waals surface area contributed by atoms with Crippen LogP contribution >= 0.6 is 0 Å². The Morgan fingerprint density at radius 1 is 1.15 bits per heavy atom. The Kier molecular flexibility index (Phi) is 6.53. The van der Waals surface area contributed by atoms with Gasteiger partial charge in [0.1, 0.15) is 5.56 Å². The van der Waals surface area contributed by atoms with E-state index in [4.69, 9.17) is 0 Å². The predicted molar refractivity (Wildman–Crippen MR) is 121 cm³/mol. The number of halogens is 3. The van der Waals surface area contributed by atoms with Crippen molar-refractivity contribution >= 4 is 22.4 Å². The molecule has 0 spiro atoms. The van der Waals surface area contributed by atoms with Crippen molar-refractivity contribution in [3.63, 3.8) is 0 Å². The minimum Gasteiger partial charge on any atom is -0.324 e. The number of piperidine rings is 1. The second-order valence-corrected chi connectivity index (χ2v) is 9.99. The van der Waals surface area contributed by atoms with Crippen molar-refractivity contribution in [2.24, 2.45) is 7.05 Å². The number of hydrogen-bond donors (Lipinski definition) is 1. The molecule has 1 saturated heterocycles. The number of rotatable bonds is 5. The normalized spacial score (nSPS) is 16.7. The van der Waals surface area contributed by atoms with Crippen LogP contribution in [0, 0.1) is 6.92 Å². The molecule has 4 rings (SSSR count). The largest absolute Gasteiger partial charge is 0.419 e. The van der Waals surface area contributed by atoms with E-state index in [9.17, 15) is 17.4 Å².